The molecule has 5 nitrogen and oxygen atoms in total. The van der Waals surface area contributed by atoms with E-state index in [0.717, 1.165) is 32.8 Å². The molecular weight excluding hydrogens is 420 g/mol. The summed E-state index contributed by atoms with van der Waals surface area (Å²) in [7, 11) is -3.65. The Balaban J connectivity index is 1.88. The van der Waals surface area contributed by atoms with E-state index in [9.17, 15) is 13.2 Å². The quantitative estimate of drug-likeness (QED) is 0.537. The SMILES string of the molecule is Cc1ccccc1[C@H](NC(=O)CN(c1ccc(C(C)C)cc1)S(C)(=O)=O)c1ccccc1. The number of nitrogens with one attached hydrogen (secondary N) is 1. The van der Waals surface area contributed by atoms with E-state index < -0.39 is 10.0 Å². The molecule has 3 aromatic rings. The first-order valence-corrected chi connectivity index (χ1v) is 12.5. The number of sulfonamides is 1. The molecule has 1 amide bonds. The predicted octanol–water partition coefficient (Wildman–Crippen LogP) is 4.79. The van der Waals surface area contributed by atoms with Gasteiger partial charge in [0.15, 0.2) is 0 Å². The van der Waals surface area contributed by atoms with Gasteiger partial charge in [-0.05, 0) is 47.2 Å². The number of nitrogens with zero attached hydrogens (tertiary/aromatic N) is 1. The van der Waals surface area contributed by atoms with Crippen LogP contribution in [0.5, 0.6) is 0 Å². The van der Waals surface area contributed by atoms with Crippen molar-refractivity contribution >= 4 is 21.6 Å². The largest absolute Gasteiger partial charge is 0.344 e. The summed E-state index contributed by atoms with van der Waals surface area (Å²) in [5.74, 6) is -0.0414. The van der Waals surface area contributed by atoms with Crippen LogP contribution in [-0.2, 0) is 14.8 Å². The summed E-state index contributed by atoms with van der Waals surface area (Å²) in [5.41, 5.74) is 4.53. The Morgan fingerprint density at radius 2 is 1.47 bits per heavy atom. The van der Waals surface area contributed by atoms with E-state index in [2.05, 4.69) is 19.2 Å². The number of benzene rings is 3. The molecule has 3 rings (SSSR count). The van der Waals surface area contributed by atoms with Crippen molar-refractivity contribution in [3.8, 4) is 0 Å². The molecular formula is C26H30N2O3S. The van der Waals surface area contributed by atoms with Gasteiger partial charge in [-0.3, -0.25) is 9.10 Å². The summed E-state index contributed by atoms with van der Waals surface area (Å²) < 4.78 is 26.2. The molecule has 1 N–H and O–H groups in total. The maximum Gasteiger partial charge on any atom is 0.241 e. The first-order chi connectivity index (χ1) is 15.2. The second kappa shape index (κ2) is 10.0. The van der Waals surface area contributed by atoms with Crippen molar-refractivity contribution in [3.63, 3.8) is 0 Å². The number of amides is 1. The predicted molar refractivity (Wildman–Crippen MR) is 130 cm³/mol. The van der Waals surface area contributed by atoms with Crippen LogP contribution in [0.2, 0.25) is 0 Å². The molecule has 1 atom stereocenters. The van der Waals surface area contributed by atoms with Crippen LogP contribution < -0.4 is 9.62 Å². The lowest BCUT2D eigenvalue weighted by molar-refractivity contribution is -0.120. The Morgan fingerprint density at radius 3 is 2.03 bits per heavy atom. The van der Waals surface area contributed by atoms with E-state index in [1.807, 2.05) is 73.7 Å². The van der Waals surface area contributed by atoms with Gasteiger partial charge in [0, 0.05) is 0 Å². The molecule has 0 radical (unpaired) electrons. The van der Waals surface area contributed by atoms with Crippen molar-refractivity contribution in [3.05, 3.63) is 101 Å². The second-order valence-electron chi connectivity index (χ2n) is 8.28. The Hall–Kier alpha value is -3.12. The topological polar surface area (TPSA) is 66.5 Å². The van der Waals surface area contributed by atoms with Gasteiger partial charge in [0.05, 0.1) is 18.0 Å². The minimum atomic E-state index is -3.65. The lowest BCUT2D eigenvalue weighted by Crippen LogP contribution is -2.42. The third-order valence-electron chi connectivity index (χ3n) is 5.47. The normalized spacial score (nSPS) is 12.4. The third kappa shape index (κ3) is 5.77. The number of rotatable bonds is 8. The van der Waals surface area contributed by atoms with Crippen molar-refractivity contribution in [2.24, 2.45) is 0 Å². The van der Waals surface area contributed by atoms with Crippen molar-refractivity contribution < 1.29 is 13.2 Å². The fourth-order valence-electron chi connectivity index (χ4n) is 3.66. The fourth-order valence-corrected chi connectivity index (χ4v) is 4.52. The average Bonchev–Trinajstić information content (AvgIpc) is 2.76. The molecule has 0 spiro atoms. The van der Waals surface area contributed by atoms with Gasteiger partial charge < -0.3 is 5.32 Å². The van der Waals surface area contributed by atoms with Crippen LogP contribution >= 0.6 is 0 Å². The second-order valence-corrected chi connectivity index (χ2v) is 10.2. The summed E-state index contributed by atoms with van der Waals surface area (Å²) >= 11 is 0. The monoisotopic (exact) mass is 450 g/mol. The lowest BCUT2D eigenvalue weighted by atomic mass is 9.95. The highest BCUT2D eigenvalue weighted by atomic mass is 32.2. The molecule has 0 saturated heterocycles. The number of aryl methyl sites for hydroxylation is 1. The maximum atomic E-state index is 13.1. The number of hydrogen-bond donors (Lipinski definition) is 1. The van der Waals surface area contributed by atoms with Crippen LogP contribution in [0.15, 0.2) is 78.9 Å². The summed E-state index contributed by atoms with van der Waals surface area (Å²) in [6, 6.07) is 24.5. The van der Waals surface area contributed by atoms with Gasteiger partial charge in [0.2, 0.25) is 15.9 Å². The molecule has 0 heterocycles. The molecule has 32 heavy (non-hydrogen) atoms. The summed E-state index contributed by atoms with van der Waals surface area (Å²) in [6.45, 7) is 5.85. The Morgan fingerprint density at radius 1 is 0.875 bits per heavy atom. The van der Waals surface area contributed by atoms with E-state index in [0.29, 0.717) is 11.6 Å². The van der Waals surface area contributed by atoms with Gasteiger partial charge >= 0.3 is 0 Å². The van der Waals surface area contributed by atoms with Crippen molar-refractivity contribution in [2.45, 2.75) is 32.7 Å². The van der Waals surface area contributed by atoms with Crippen LogP contribution in [0.25, 0.3) is 0 Å². The van der Waals surface area contributed by atoms with Crippen molar-refractivity contribution in [1.82, 2.24) is 5.32 Å². The zero-order valence-electron chi connectivity index (χ0n) is 18.9. The summed E-state index contributed by atoms with van der Waals surface area (Å²) in [5, 5.41) is 3.05. The highest BCUT2D eigenvalue weighted by Crippen LogP contribution is 2.26. The van der Waals surface area contributed by atoms with Crippen LogP contribution in [0.3, 0.4) is 0 Å². The minimum Gasteiger partial charge on any atom is -0.344 e. The first kappa shape index (κ1) is 23.5. The van der Waals surface area contributed by atoms with Gasteiger partial charge in [-0.1, -0.05) is 80.6 Å². The molecule has 0 fully saturated rings. The van der Waals surface area contributed by atoms with Crippen LogP contribution in [0.1, 0.15) is 48.1 Å². The number of hydrogen-bond acceptors (Lipinski definition) is 3. The molecule has 0 aliphatic rings. The van der Waals surface area contributed by atoms with E-state index in [1.165, 1.54) is 0 Å². The number of carbonyl (C=O) groups excluding carboxylic acids is 1. The number of anilines is 1. The molecule has 6 heteroatoms. The average molecular weight is 451 g/mol. The zero-order chi connectivity index (χ0) is 23.3. The van der Waals surface area contributed by atoms with Crippen molar-refractivity contribution in [1.29, 1.82) is 0 Å². The molecule has 0 aliphatic heterocycles. The van der Waals surface area contributed by atoms with Crippen LogP contribution in [-0.4, -0.2) is 27.1 Å². The van der Waals surface area contributed by atoms with Gasteiger partial charge in [0.25, 0.3) is 0 Å². The molecule has 0 aliphatic carbocycles. The maximum absolute atomic E-state index is 13.1. The molecule has 0 aromatic heterocycles. The lowest BCUT2D eigenvalue weighted by Gasteiger charge is -2.26. The molecule has 3 aromatic carbocycles. The minimum absolute atomic E-state index is 0.297. The van der Waals surface area contributed by atoms with Gasteiger partial charge in [-0.2, -0.15) is 0 Å². The van der Waals surface area contributed by atoms with E-state index >= 15 is 0 Å². The summed E-state index contributed by atoms with van der Waals surface area (Å²) in [4.78, 5) is 13.1. The number of carbonyl (C=O) groups is 1. The standard InChI is InChI=1S/C26H30N2O3S/c1-19(2)21-14-16-23(17-15-21)28(32(4,30)31)18-25(29)27-26(22-11-6-5-7-12-22)24-13-9-8-10-20(24)3/h5-17,19,26H,18H2,1-4H3,(H,27,29)/t26-/m1/s1. The third-order valence-corrected chi connectivity index (χ3v) is 6.61. The zero-order valence-corrected chi connectivity index (χ0v) is 19.8. The van der Waals surface area contributed by atoms with Gasteiger partial charge in [-0.25, -0.2) is 8.42 Å². The Kier molecular flexibility index (Phi) is 7.36. The van der Waals surface area contributed by atoms with E-state index in [-0.39, 0.29) is 18.5 Å². The first-order valence-electron chi connectivity index (χ1n) is 10.6. The molecule has 168 valence electrons. The van der Waals surface area contributed by atoms with E-state index in [4.69, 9.17) is 0 Å². The fraction of sp³-hybridized carbons (Fsp3) is 0.269. The van der Waals surface area contributed by atoms with Crippen LogP contribution in [0, 0.1) is 6.92 Å². The highest BCUT2D eigenvalue weighted by Gasteiger charge is 2.24. The molecule has 0 unspecified atom stereocenters. The van der Waals surface area contributed by atoms with Crippen LogP contribution in [0.4, 0.5) is 5.69 Å². The molecule has 0 bridgehead atoms. The summed E-state index contributed by atoms with van der Waals surface area (Å²) in [6.07, 6.45) is 1.12. The Labute approximate surface area is 191 Å². The molecule has 0 saturated carbocycles. The van der Waals surface area contributed by atoms with E-state index in [1.54, 1.807) is 12.1 Å². The smallest absolute Gasteiger partial charge is 0.241 e. The Bertz CT molecular complexity index is 1160. The van der Waals surface area contributed by atoms with Gasteiger partial charge in [0.1, 0.15) is 6.54 Å². The highest BCUT2D eigenvalue weighted by molar-refractivity contribution is 7.92. The van der Waals surface area contributed by atoms with Gasteiger partial charge in [-0.15, -0.1) is 0 Å². The van der Waals surface area contributed by atoms with Crippen molar-refractivity contribution in [2.75, 3.05) is 17.1 Å².